The van der Waals surface area contributed by atoms with Crippen molar-refractivity contribution >= 4 is 42.3 Å². The van der Waals surface area contributed by atoms with Crippen LogP contribution in [0.5, 0.6) is 5.75 Å². The van der Waals surface area contributed by atoms with E-state index in [4.69, 9.17) is 9.47 Å². The molecule has 1 aliphatic rings. The molecule has 186 valence electrons. The van der Waals surface area contributed by atoms with Crippen LogP contribution in [0.2, 0.25) is 0 Å². The number of ether oxygens (including phenoxy) is 2. The Balaban J connectivity index is 1.48. The summed E-state index contributed by atoms with van der Waals surface area (Å²) in [6.45, 7) is 10.3. The largest absolute Gasteiger partial charge is 0.497 e. The number of hydrogen-bond donors (Lipinski definition) is 1. The summed E-state index contributed by atoms with van der Waals surface area (Å²) in [4.78, 5) is 29.1. The standard InChI is InChI=1S/C25H35BN6O3/c1-6-18-21(26)28-15-29-22(18)31-11-9-16(10-12-31)14-27-23-30-19-8-7-17(34-5)13-20(19)32(23)24(33)35-25(2,3)4/h7-8,13,15-16H,6,9-12,14,26H2,1-5H3,(H,27,30). The number of carbonyl (C=O) groups excluding carboxylic acids is 1. The number of benzene rings is 1. The van der Waals surface area contributed by atoms with Crippen LogP contribution in [-0.4, -0.2) is 65.8 Å². The third-order valence-corrected chi connectivity index (χ3v) is 6.39. The van der Waals surface area contributed by atoms with Crippen LogP contribution in [0.25, 0.3) is 11.0 Å². The van der Waals surface area contributed by atoms with Crippen LogP contribution in [0, 0.1) is 5.92 Å². The molecule has 1 fully saturated rings. The fourth-order valence-electron chi connectivity index (χ4n) is 4.55. The van der Waals surface area contributed by atoms with Crippen LogP contribution >= 0.6 is 0 Å². The lowest BCUT2D eigenvalue weighted by atomic mass is 9.93. The van der Waals surface area contributed by atoms with E-state index in [2.05, 4.69) is 32.1 Å². The number of anilines is 2. The van der Waals surface area contributed by atoms with Gasteiger partial charge in [-0.25, -0.2) is 19.3 Å². The molecule has 1 aliphatic heterocycles. The summed E-state index contributed by atoms with van der Waals surface area (Å²) >= 11 is 0. The fourth-order valence-corrected chi connectivity index (χ4v) is 4.55. The van der Waals surface area contributed by atoms with Crippen LogP contribution in [-0.2, 0) is 11.2 Å². The van der Waals surface area contributed by atoms with Crippen molar-refractivity contribution in [1.82, 2.24) is 19.5 Å². The predicted molar refractivity (Wildman–Crippen MR) is 141 cm³/mol. The molecule has 10 heteroatoms. The Morgan fingerprint density at radius 1 is 1.23 bits per heavy atom. The molecule has 4 rings (SSSR count). The highest BCUT2D eigenvalue weighted by Crippen LogP contribution is 2.28. The van der Waals surface area contributed by atoms with Gasteiger partial charge in [-0.15, -0.1) is 0 Å². The molecule has 35 heavy (non-hydrogen) atoms. The lowest BCUT2D eigenvalue weighted by Crippen LogP contribution is -2.38. The Labute approximate surface area is 207 Å². The maximum atomic E-state index is 13.1. The Bertz CT molecular complexity index is 1200. The maximum absolute atomic E-state index is 13.1. The minimum atomic E-state index is -0.618. The first kappa shape index (κ1) is 24.8. The van der Waals surface area contributed by atoms with Crippen molar-refractivity contribution in [2.75, 3.05) is 37.0 Å². The van der Waals surface area contributed by atoms with Crippen molar-refractivity contribution in [3.05, 3.63) is 30.1 Å². The van der Waals surface area contributed by atoms with E-state index in [0.717, 1.165) is 50.3 Å². The summed E-state index contributed by atoms with van der Waals surface area (Å²) in [5, 5.41) is 3.43. The number of methoxy groups -OCH3 is 1. The quantitative estimate of drug-likeness (QED) is 0.541. The van der Waals surface area contributed by atoms with Gasteiger partial charge in [-0.05, 0) is 58.1 Å². The van der Waals surface area contributed by atoms with E-state index in [1.165, 1.54) is 10.1 Å². The molecule has 0 saturated carbocycles. The van der Waals surface area contributed by atoms with Gasteiger partial charge in [0.15, 0.2) is 7.85 Å². The van der Waals surface area contributed by atoms with Gasteiger partial charge in [-0.3, -0.25) is 4.98 Å². The second-order valence-electron chi connectivity index (χ2n) is 10.0. The lowest BCUT2D eigenvalue weighted by molar-refractivity contribution is 0.0547. The molecule has 0 spiro atoms. The highest BCUT2D eigenvalue weighted by atomic mass is 16.6. The average Bonchev–Trinajstić information content (AvgIpc) is 3.19. The first-order valence-corrected chi connectivity index (χ1v) is 12.3. The van der Waals surface area contributed by atoms with Crippen molar-refractivity contribution < 1.29 is 14.3 Å². The van der Waals surface area contributed by atoms with Gasteiger partial charge in [0.2, 0.25) is 5.95 Å². The molecule has 0 amide bonds. The monoisotopic (exact) mass is 478 g/mol. The summed E-state index contributed by atoms with van der Waals surface area (Å²) in [6.07, 6.45) is 4.18. The van der Waals surface area contributed by atoms with E-state index >= 15 is 0 Å². The van der Waals surface area contributed by atoms with Crippen molar-refractivity contribution in [2.24, 2.45) is 5.92 Å². The third-order valence-electron chi connectivity index (χ3n) is 6.39. The number of hydrogen-bond acceptors (Lipinski definition) is 8. The Morgan fingerprint density at radius 2 is 1.97 bits per heavy atom. The molecule has 0 bridgehead atoms. The van der Waals surface area contributed by atoms with Gasteiger partial charge in [0.1, 0.15) is 23.5 Å². The molecule has 9 nitrogen and oxygen atoms in total. The molecular formula is C25H35BN6O3. The zero-order chi connectivity index (χ0) is 25.2. The van der Waals surface area contributed by atoms with Crippen molar-refractivity contribution in [3.63, 3.8) is 0 Å². The minimum absolute atomic E-state index is 0.459. The van der Waals surface area contributed by atoms with Crippen LogP contribution in [0.4, 0.5) is 16.6 Å². The summed E-state index contributed by atoms with van der Waals surface area (Å²) in [6, 6.07) is 5.51. The van der Waals surface area contributed by atoms with E-state index < -0.39 is 11.7 Å². The number of imidazole rings is 1. The van der Waals surface area contributed by atoms with Gasteiger partial charge in [-0.1, -0.05) is 6.92 Å². The number of rotatable bonds is 6. The average molecular weight is 478 g/mol. The van der Waals surface area contributed by atoms with Gasteiger partial charge >= 0.3 is 6.09 Å². The van der Waals surface area contributed by atoms with E-state index in [0.29, 0.717) is 28.6 Å². The first-order chi connectivity index (χ1) is 16.7. The van der Waals surface area contributed by atoms with E-state index in [1.54, 1.807) is 13.4 Å². The zero-order valence-electron chi connectivity index (χ0n) is 21.6. The highest BCUT2D eigenvalue weighted by Gasteiger charge is 2.26. The van der Waals surface area contributed by atoms with Gasteiger partial charge in [-0.2, -0.15) is 0 Å². The van der Waals surface area contributed by atoms with Crippen molar-refractivity contribution in [1.29, 1.82) is 0 Å². The number of fused-ring (bicyclic) bond motifs is 1. The van der Waals surface area contributed by atoms with Crippen LogP contribution < -0.4 is 20.5 Å². The van der Waals surface area contributed by atoms with Gasteiger partial charge in [0.05, 0.1) is 18.1 Å². The zero-order valence-corrected chi connectivity index (χ0v) is 21.6. The maximum Gasteiger partial charge on any atom is 0.421 e. The lowest BCUT2D eigenvalue weighted by Gasteiger charge is -2.34. The first-order valence-electron chi connectivity index (χ1n) is 12.3. The molecule has 3 aromatic rings. The minimum Gasteiger partial charge on any atom is -0.497 e. The molecule has 1 aromatic carbocycles. The van der Waals surface area contributed by atoms with Crippen molar-refractivity contribution in [2.45, 2.75) is 52.6 Å². The smallest absolute Gasteiger partial charge is 0.421 e. The second-order valence-corrected chi connectivity index (χ2v) is 10.0. The number of carbonyl (C=O) groups is 1. The molecular weight excluding hydrogens is 443 g/mol. The molecule has 0 unspecified atom stereocenters. The number of nitrogens with zero attached hydrogens (tertiary/aromatic N) is 5. The Hall–Kier alpha value is -3.30. The molecule has 0 atom stereocenters. The van der Waals surface area contributed by atoms with Crippen LogP contribution in [0.3, 0.4) is 0 Å². The SMILES string of the molecule is Bc1ncnc(N2CCC(CNc3nc4ccc(OC)cc4n3C(=O)OC(C)(C)C)CC2)c1CC. The molecule has 0 aliphatic carbocycles. The Kier molecular flexibility index (Phi) is 7.19. The van der Waals surface area contributed by atoms with Gasteiger partial charge in [0, 0.05) is 36.9 Å². The topological polar surface area (TPSA) is 94.4 Å². The normalized spacial score (nSPS) is 14.8. The third kappa shape index (κ3) is 5.52. The van der Waals surface area contributed by atoms with Crippen molar-refractivity contribution in [3.8, 4) is 5.75 Å². The van der Waals surface area contributed by atoms with E-state index in [9.17, 15) is 4.79 Å². The molecule has 3 heterocycles. The molecule has 0 radical (unpaired) electrons. The van der Waals surface area contributed by atoms with Crippen LogP contribution in [0.1, 0.15) is 46.1 Å². The molecule has 1 saturated heterocycles. The summed E-state index contributed by atoms with van der Waals surface area (Å²) < 4.78 is 12.5. The number of piperidine rings is 1. The highest BCUT2D eigenvalue weighted by molar-refractivity contribution is 6.32. The predicted octanol–water partition coefficient (Wildman–Crippen LogP) is 2.77. The summed E-state index contributed by atoms with van der Waals surface area (Å²) in [7, 11) is 3.65. The summed E-state index contributed by atoms with van der Waals surface area (Å²) in [5.74, 6) is 2.67. The molecule has 1 N–H and O–H groups in total. The van der Waals surface area contributed by atoms with E-state index in [-0.39, 0.29) is 0 Å². The number of aromatic nitrogens is 4. The summed E-state index contributed by atoms with van der Waals surface area (Å²) in [5.41, 5.74) is 3.03. The van der Waals surface area contributed by atoms with Crippen LogP contribution in [0.15, 0.2) is 24.5 Å². The van der Waals surface area contributed by atoms with Gasteiger partial charge in [0.25, 0.3) is 0 Å². The number of nitrogens with one attached hydrogen (secondary N) is 1. The second kappa shape index (κ2) is 10.1. The fraction of sp³-hybridized carbons (Fsp3) is 0.520. The Morgan fingerprint density at radius 3 is 2.63 bits per heavy atom. The van der Waals surface area contributed by atoms with Gasteiger partial charge < -0.3 is 19.7 Å². The van der Waals surface area contributed by atoms with E-state index in [1.807, 2.05) is 46.8 Å². The molecule has 2 aromatic heterocycles.